The average Bonchev–Trinajstić information content (AvgIpc) is 3.32. The SMILES string of the molecule is O=S(=O)(C1CC1)N1CCC(Nc2cc(C(F)(F)F)ccn2)CC1. The van der Waals surface area contributed by atoms with Gasteiger partial charge in [0.15, 0.2) is 0 Å². The van der Waals surface area contributed by atoms with E-state index in [1.165, 1.54) is 4.31 Å². The van der Waals surface area contributed by atoms with Gasteiger partial charge in [-0.05, 0) is 37.8 Å². The van der Waals surface area contributed by atoms with Crippen LogP contribution in [0.1, 0.15) is 31.2 Å². The number of nitrogens with zero attached hydrogens (tertiary/aromatic N) is 2. The minimum absolute atomic E-state index is 0.0726. The van der Waals surface area contributed by atoms with Gasteiger partial charge < -0.3 is 5.32 Å². The predicted molar refractivity (Wildman–Crippen MR) is 79.4 cm³/mol. The molecule has 2 fully saturated rings. The quantitative estimate of drug-likeness (QED) is 0.907. The Bertz CT molecular complexity index is 666. The molecule has 1 aliphatic heterocycles. The van der Waals surface area contributed by atoms with Crippen molar-refractivity contribution in [2.75, 3.05) is 18.4 Å². The van der Waals surface area contributed by atoms with Crippen LogP contribution < -0.4 is 5.32 Å². The van der Waals surface area contributed by atoms with E-state index in [0.29, 0.717) is 25.9 Å². The number of sulfonamides is 1. The smallest absolute Gasteiger partial charge is 0.367 e. The van der Waals surface area contributed by atoms with Crippen molar-refractivity contribution < 1.29 is 21.6 Å². The topological polar surface area (TPSA) is 62.3 Å². The Hall–Kier alpha value is -1.35. The van der Waals surface area contributed by atoms with Gasteiger partial charge in [0.05, 0.1) is 10.8 Å². The molecule has 5 nitrogen and oxygen atoms in total. The summed E-state index contributed by atoms with van der Waals surface area (Å²) >= 11 is 0. The van der Waals surface area contributed by atoms with Crippen LogP contribution in [0.2, 0.25) is 0 Å². The molecule has 0 amide bonds. The van der Waals surface area contributed by atoms with Gasteiger partial charge in [0.2, 0.25) is 10.0 Å². The summed E-state index contributed by atoms with van der Waals surface area (Å²) in [6, 6.07) is 1.83. The highest BCUT2D eigenvalue weighted by Gasteiger charge is 2.41. The summed E-state index contributed by atoms with van der Waals surface area (Å²) in [5.41, 5.74) is -0.747. The summed E-state index contributed by atoms with van der Waals surface area (Å²) in [4.78, 5) is 3.91. The Morgan fingerprint density at radius 3 is 2.39 bits per heavy atom. The molecule has 1 saturated carbocycles. The molecular weight excluding hydrogens is 331 g/mol. The molecule has 0 spiro atoms. The number of aromatic nitrogens is 1. The van der Waals surface area contributed by atoms with Crippen LogP contribution in [0, 0.1) is 0 Å². The summed E-state index contributed by atoms with van der Waals surface area (Å²) in [6.45, 7) is 0.797. The number of alkyl halides is 3. The van der Waals surface area contributed by atoms with E-state index in [4.69, 9.17) is 0 Å². The normalized spacial score (nSPS) is 21.3. The number of piperidine rings is 1. The van der Waals surface area contributed by atoms with Crippen LogP contribution in [0.3, 0.4) is 0 Å². The Balaban J connectivity index is 1.59. The maximum Gasteiger partial charge on any atom is 0.416 e. The van der Waals surface area contributed by atoms with E-state index in [2.05, 4.69) is 10.3 Å². The van der Waals surface area contributed by atoms with E-state index in [-0.39, 0.29) is 17.1 Å². The third-order valence-corrected chi connectivity index (χ3v) is 6.60. The fraction of sp³-hybridized carbons (Fsp3) is 0.643. The van der Waals surface area contributed by atoms with Gasteiger partial charge in [-0.1, -0.05) is 0 Å². The number of halogens is 3. The van der Waals surface area contributed by atoms with Gasteiger partial charge in [0.1, 0.15) is 5.82 Å². The minimum Gasteiger partial charge on any atom is -0.367 e. The van der Waals surface area contributed by atoms with Crippen LogP contribution in [0.25, 0.3) is 0 Å². The first-order valence-electron chi connectivity index (χ1n) is 7.55. The molecule has 0 atom stereocenters. The minimum atomic E-state index is -4.40. The van der Waals surface area contributed by atoms with Crippen LogP contribution in [-0.2, 0) is 16.2 Å². The number of rotatable bonds is 4. The van der Waals surface area contributed by atoms with Crippen LogP contribution in [0.4, 0.5) is 19.0 Å². The highest BCUT2D eigenvalue weighted by atomic mass is 32.2. The summed E-state index contributed by atoms with van der Waals surface area (Å²) in [5.74, 6) is 0.170. The zero-order chi connectivity index (χ0) is 16.7. The Kier molecular flexibility index (Phi) is 4.26. The largest absolute Gasteiger partial charge is 0.416 e. The zero-order valence-electron chi connectivity index (χ0n) is 12.4. The molecule has 1 saturated heterocycles. The van der Waals surface area contributed by atoms with Gasteiger partial charge in [-0.15, -0.1) is 0 Å². The first-order chi connectivity index (χ1) is 10.8. The number of anilines is 1. The van der Waals surface area contributed by atoms with E-state index < -0.39 is 21.8 Å². The van der Waals surface area contributed by atoms with Crippen LogP contribution in [0.5, 0.6) is 0 Å². The van der Waals surface area contributed by atoms with Crippen molar-refractivity contribution in [1.82, 2.24) is 9.29 Å². The molecule has 0 aromatic carbocycles. The first-order valence-corrected chi connectivity index (χ1v) is 9.06. The van der Waals surface area contributed by atoms with Gasteiger partial charge in [-0.3, -0.25) is 0 Å². The Morgan fingerprint density at radius 2 is 1.83 bits per heavy atom. The number of hydrogen-bond donors (Lipinski definition) is 1. The fourth-order valence-electron chi connectivity index (χ4n) is 2.73. The third kappa shape index (κ3) is 3.77. The lowest BCUT2D eigenvalue weighted by atomic mass is 10.1. The molecule has 1 aliphatic carbocycles. The number of nitrogens with one attached hydrogen (secondary N) is 1. The van der Waals surface area contributed by atoms with Gasteiger partial charge in [0.25, 0.3) is 0 Å². The molecule has 23 heavy (non-hydrogen) atoms. The first kappa shape index (κ1) is 16.5. The second-order valence-electron chi connectivity index (χ2n) is 5.99. The molecule has 0 radical (unpaired) electrons. The Labute approximate surface area is 132 Å². The molecule has 2 heterocycles. The highest BCUT2D eigenvalue weighted by Crippen LogP contribution is 2.33. The molecule has 1 aromatic heterocycles. The lowest BCUT2D eigenvalue weighted by molar-refractivity contribution is -0.137. The lowest BCUT2D eigenvalue weighted by Gasteiger charge is -2.32. The lowest BCUT2D eigenvalue weighted by Crippen LogP contribution is -2.43. The summed E-state index contributed by atoms with van der Waals surface area (Å²) in [6.07, 6.45) is -0.698. The van der Waals surface area contributed by atoms with E-state index in [1.807, 2.05) is 0 Å². The predicted octanol–water partition coefficient (Wildman–Crippen LogP) is 2.47. The molecular formula is C14H18F3N3O2S. The second-order valence-corrected chi connectivity index (χ2v) is 8.20. The van der Waals surface area contributed by atoms with E-state index in [9.17, 15) is 21.6 Å². The van der Waals surface area contributed by atoms with Crippen molar-refractivity contribution in [3.63, 3.8) is 0 Å². The van der Waals surface area contributed by atoms with Crippen LogP contribution >= 0.6 is 0 Å². The average molecular weight is 349 g/mol. The fourth-order valence-corrected chi connectivity index (χ4v) is 4.60. The van der Waals surface area contributed by atoms with E-state index >= 15 is 0 Å². The van der Waals surface area contributed by atoms with Crippen molar-refractivity contribution in [3.8, 4) is 0 Å². The van der Waals surface area contributed by atoms with Crippen molar-refractivity contribution in [3.05, 3.63) is 23.9 Å². The second kappa shape index (κ2) is 5.94. The molecule has 128 valence electrons. The van der Waals surface area contributed by atoms with Crippen LogP contribution in [-0.4, -0.2) is 42.1 Å². The highest BCUT2D eigenvalue weighted by molar-refractivity contribution is 7.90. The van der Waals surface area contributed by atoms with E-state index in [1.54, 1.807) is 0 Å². The van der Waals surface area contributed by atoms with Crippen molar-refractivity contribution in [1.29, 1.82) is 0 Å². The van der Waals surface area contributed by atoms with Crippen molar-refractivity contribution in [2.45, 2.75) is 43.2 Å². The summed E-state index contributed by atoms with van der Waals surface area (Å²) < 4.78 is 63.8. The van der Waals surface area contributed by atoms with Gasteiger partial charge in [0, 0.05) is 25.3 Å². The third-order valence-electron chi connectivity index (χ3n) is 4.20. The van der Waals surface area contributed by atoms with Gasteiger partial charge in [-0.25, -0.2) is 17.7 Å². The molecule has 3 rings (SSSR count). The van der Waals surface area contributed by atoms with Gasteiger partial charge >= 0.3 is 6.18 Å². The monoisotopic (exact) mass is 349 g/mol. The molecule has 0 unspecified atom stereocenters. The zero-order valence-corrected chi connectivity index (χ0v) is 13.2. The van der Waals surface area contributed by atoms with Crippen molar-refractivity contribution in [2.24, 2.45) is 0 Å². The van der Waals surface area contributed by atoms with E-state index in [0.717, 1.165) is 31.2 Å². The Morgan fingerprint density at radius 1 is 1.17 bits per heavy atom. The molecule has 1 aromatic rings. The summed E-state index contributed by atoms with van der Waals surface area (Å²) in [7, 11) is -3.17. The van der Waals surface area contributed by atoms with Crippen molar-refractivity contribution >= 4 is 15.8 Å². The number of hydrogen-bond acceptors (Lipinski definition) is 4. The van der Waals surface area contributed by atoms with Crippen LogP contribution in [0.15, 0.2) is 18.3 Å². The van der Waals surface area contributed by atoms with Gasteiger partial charge in [-0.2, -0.15) is 13.2 Å². The molecule has 0 bridgehead atoms. The molecule has 2 aliphatic rings. The maximum atomic E-state index is 12.7. The summed E-state index contributed by atoms with van der Waals surface area (Å²) in [5, 5.41) is 2.75. The standard InChI is InChI=1S/C14H18F3N3O2S/c15-14(16,17)10-3-6-18-13(9-10)19-11-4-7-20(8-5-11)23(21,22)12-1-2-12/h3,6,9,11-12H,1-2,4-5,7-8H2,(H,18,19). The molecule has 9 heteroatoms. The maximum absolute atomic E-state index is 12.7. The number of pyridine rings is 1. The molecule has 1 N–H and O–H groups in total.